The fourth-order valence-corrected chi connectivity index (χ4v) is 2.76. The van der Waals surface area contributed by atoms with E-state index >= 15 is 0 Å². The summed E-state index contributed by atoms with van der Waals surface area (Å²) in [7, 11) is 0. The molecule has 0 saturated heterocycles. The Labute approximate surface area is 156 Å². The highest BCUT2D eigenvalue weighted by Gasteiger charge is 2.16. The molecule has 0 spiro atoms. The maximum absolute atomic E-state index is 12.0. The summed E-state index contributed by atoms with van der Waals surface area (Å²) >= 11 is 1.25. The van der Waals surface area contributed by atoms with Crippen LogP contribution in [0.3, 0.4) is 0 Å². The van der Waals surface area contributed by atoms with Gasteiger partial charge in [0.2, 0.25) is 11.8 Å². The molecule has 8 heteroatoms. The lowest BCUT2D eigenvalue weighted by molar-refractivity contribution is -0.118. The van der Waals surface area contributed by atoms with Crippen LogP contribution < -0.4 is 15.4 Å². The fourth-order valence-electron chi connectivity index (χ4n) is 2.05. The number of anilines is 1. The molecular formula is C18H23N3O4S. The standard InChI is InChI=1S/C18H23N3O4S/c1-12-5-4-6-15(9-12)24-8-7-19-17(22)11-26-14(3)18(23)20-16-10-13(2)25-21-16/h4-6,9-10,14H,7-8,11H2,1-3H3,(H,19,22)(H,20,21,23). The van der Waals surface area contributed by atoms with Crippen LogP contribution in [0.4, 0.5) is 5.82 Å². The SMILES string of the molecule is Cc1cccc(OCCNC(=O)CSC(C)C(=O)Nc2cc(C)on2)c1. The largest absolute Gasteiger partial charge is 0.492 e. The van der Waals surface area contributed by atoms with Crippen LogP contribution in [0.2, 0.25) is 0 Å². The minimum Gasteiger partial charge on any atom is -0.492 e. The van der Waals surface area contributed by atoms with Crippen LogP contribution in [-0.2, 0) is 9.59 Å². The van der Waals surface area contributed by atoms with E-state index in [2.05, 4.69) is 15.8 Å². The van der Waals surface area contributed by atoms with E-state index in [1.807, 2.05) is 31.2 Å². The molecule has 0 aliphatic carbocycles. The lowest BCUT2D eigenvalue weighted by atomic mass is 10.2. The van der Waals surface area contributed by atoms with Crippen molar-refractivity contribution in [1.82, 2.24) is 10.5 Å². The molecule has 2 rings (SSSR count). The lowest BCUT2D eigenvalue weighted by Gasteiger charge is -2.11. The number of carbonyl (C=O) groups excluding carboxylic acids is 2. The Kier molecular flexibility index (Phi) is 7.53. The highest BCUT2D eigenvalue weighted by Crippen LogP contribution is 2.14. The number of ether oxygens (including phenoxy) is 1. The summed E-state index contributed by atoms with van der Waals surface area (Å²) in [5, 5.41) is 8.73. The molecular weight excluding hydrogens is 354 g/mol. The molecule has 2 N–H and O–H groups in total. The number of amides is 2. The van der Waals surface area contributed by atoms with Gasteiger partial charge in [0.1, 0.15) is 18.1 Å². The number of hydrogen-bond acceptors (Lipinski definition) is 6. The van der Waals surface area contributed by atoms with Gasteiger partial charge in [0.05, 0.1) is 17.5 Å². The average molecular weight is 377 g/mol. The first-order valence-electron chi connectivity index (χ1n) is 8.26. The number of benzene rings is 1. The molecule has 1 atom stereocenters. The van der Waals surface area contributed by atoms with Crippen LogP contribution >= 0.6 is 11.8 Å². The van der Waals surface area contributed by atoms with Crippen molar-refractivity contribution in [3.63, 3.8) is 0 Å². The van der Waals surface area contributed by atoms with Crippen LogP contribution in [0.1, 0.15) is 18.2 Å². The summed E-state index contributed by atoms with van der Waals surface area (Å²) in [6.45, 7) is 6.27. The second-order valence-corrected chi connectivity index (χ2v) is 7.11. The van der Waals surface area contributed by atoms with Crippen LogP contribution in [0, 0.1) is 13.8 Å². The van der Waals surface area contributed by atoms with Gasteiger partial charge in [-0.05, 0) is 38.5 Å². The number of hydrogen-bond donors (Lipinski definition) is 2. The number of nitrogens with one attached hydrogen (secondary N) is 2. The van der Waals surface area contributed by atoms with Gasteiger partial charge in [-0.3, -0.25) is 9.59 Å². The molecule has 0 radical (unpaired) electrons. The molecule has 2 amide bonds. The van der Waals surface area contributed by atoms with E-state index in [1.54, 1.807) is 19.9 Å². The van der Waals surface area contributed by atoms with Crippen molar-refractivity contribution < 1.29 is 18.8 Å². The predicted octanol–water partition coefficient (Wildman–Crippen LogP) is 2.55. The first kappa shape index (κ1) is 19.8. The van der Waals surface area contributed by atoms with Crippen LogP contribution in [0.25, 0.3) is 0 Å². The molecule has 0 bridgehead atoms. The van der Waals surface area contributed by atoms with E-state index in [0.29, 0.717) is 24.7 Å². The Morgan fingerprint density at radius 1 is 1.31 bits per heavy atom. The van der Waals surface area contributed by atoms with Crippen molar-refractivity contribution in [2.24, 2.45) is 0 Å². The highest BCUT2D eigenvalue weighted by molar-refractivity contribution is 8.01. The minimum absolute atomic E-state index is 0.139. The van der Waals surface area contributed by atoms with E-state index in [4.69, 9.17) is 9.26 Å². The third-order valence-electron chi connectivity index (χ3n) is 3.40. The van der Waals surface area contributed by atoms with Gasteiger partial charge in [0, 0.05) is 6.07 Å². The summed E-state index contributed by atoms with van der Waals surface area (Å²) in [6, 6.07) is 9.37. The van der Waals surface area contributed by atoms with Gasteiger partial charge in [0.15, 0.2) is 5.82 Å². The number of aromatic nitrogens is 1. The molecule has 1 aromatic heterocycles. The normalized spacial score (nSPS) is 11.7. The molecule has 140 valence electrons. The molecule has 2 aromatic rings. The van der Waals surface area contributed by atoms with E-state index in [0.717, 1.165) is 11.3 Å². The number of nitrogens with zero attached hydrogens (tertiary/aromatic N) is 1. The minimum atomic E-state index is -0.388. The van der Waals surface area contributed by atoms with Crippen LogP contribution in [0.5, 0.6) is 5.75 Å². The maximum atomic E-state index is 12.0. The van der Waals surface area contributed by atoms with Crippen molar-refractivity contribution in [2.75, 3.05) is 24.2 Å². The summed E-state index contributed by atoms with van der Waals surface area (Å²) < 4.78 is 10.5. The number of rotatable bonds is 9. The average Bonchev–Trinajstić information content (AvgIpc) is 3.01. The van der Waals surface area contributed by atoms with Crippen molar-refractivity contribution in [3.05, 3.63) is 41.7 Å². The second-order valence-electron chi connectivity index (χ2n) is 5.78. The third-order valence-corrected chi connectivity index (χ3v) is 4.54. The zero-order valence-corrected chi connectivity index (χ0v) is 15.9. The quantitative estimate of drug-likeness (QED) is 0.653. The van der Waals surface area contributed by atoms with Crippen molar-refractivity contribution in [3.8, 4) is 5.75 Å². The topological polar surface area (TPSA) is 93.5 Å². The number of thioether (sulfide) groups is 1. The Morgan fingerprint density at radius 3 is 2.81 bits per heavy atom. The molecule has 1 aromatic carbocycles. The highest BCUT2D eigenvalue weighted by atomic mass is 32.2. The van der Waals surface area contributed by atoms with Gasteiger partial charge in [-0.2, -0.15) is 0 Å². The zero-order valence-electron chi connectivity index (χ0n) is 15.1. The molecule has 0 aliphatic rings. The first-order chi connectivity index (χ1) is 12.4. The number of aryl methyl sites for hydroxylation is 2. The van der Waals surface area contributed by atoms with E-state index in [1.165, 1.54) is 11.8 Å². The summed E-state index contributed by atoms with van der Waals surface area (Å²) in [5.41, 5.74) is 1.12. The van der Waals surface area contributed by atoms with Gasteiger partial charge >= 0.3 is 0 Å². The maximum Gasteiger partial charge on any atom is 0.238 e. The Hall–Kier alpha value is -2.48. The molecule has 0 aliphatic heterocycles. The molecule has 0 saturated carbocycles. The van der Waals surface area contributed by atoms with E-state index in [-0.39, 0.29) is 22.8 Å². The third kappa shape index (κ3) is 6.79. The monoisotopic (exact) mass is 377 g/mol. The van der Waals surface area contributed by atoms with Gasteiger partial charge < -0.3 is 19.9 Å². The second kappa shape index (κ2) is 9.86. The smallest absolute Gasteiger partial charge is 0.238 e. The summed E-state index contributed by atoms with van der Waals surface area (Å²) in [4.78, 5) is 23.9. The first-order valence-corrected chi connectivity index (χ1v) is 9.31. The van der Waals surface area contributed by atoms with Gasteiger partial charge in [0.25, 0.3) is 0 Å². The Morgan fingerprint density at radius 2 is 2.12 bits per heavy atom. The molecule has 1 unspecified atom stereocenters. The predicted molar refractivity (Wildman–Crippen MR) is 101 cm³/mol. The van der Waals surface area contributed by atoms with Crippen molar-refractivity contribution in [2.45, 2.75) is 26.0 Å². The molecule has 0 fully saturated rings. The summed E-state index contributed by atoms with van der Waals surface area (Å²) in [6.07, 6.45) is 0. The van der Waals surface area contributed by atoms with E-state index < -0.39 is 0 Å². The van der Waals surface area contributed by atoms with Crippen molar-refractivity contribution >= 4 is 29.4 Å². The summed E-state index contributed by atoms with van der Waals surface area (Å²) in [5.74, 6) is 1.60. The molecule has 1 heterocycles. The zero-order chi connectivity index (χ0) is 18.9. The number of carbonyl (C=O) groups is 2. The fraction of sp³-hybridized carbons (Fsp3) is 0.389. The van der Waals surface area contributed by atoms with Crippen LogP contribution in [-0.4, -0.2) is 41.1 Å². The van der Waals surface area contributed by atoms with E-state index in [9.17, 15) is 9.59 Å². The Balaban J connectivity index is 1.60. The van der Waals surface area contributed by atoms with Gasteiger partial charge in [-0.1, -0.05) is 17.3 Å². The lowest BCUT2D eigenvalue weighted by Crippen LogP contribution is -2.31. The van der Waals surface area contributed by atoms with Crippen molar-refractivity contribution in [1.29, 1.82) is 0 Å². The molecule has 26 heavy (non-hydrogen) atoms. The molecule has 7 nitrogen and oxygen atoms in total. The Bertz CT molecular complexity index is 748. The van der Waals surface area contributed by atoms with Crippen LogP contribution in [0.15, 0.2) is 34.9 Å². The van der Waals surface area contributed by atoms with Gasteiger partial charge in [-0.15, -0.1) is 11.8 Å². The van der Waals surface area contributed by atoms with Gasteiger partial charge in [-0.25, -0.2) is 0 Å².